The van der Waals surface area contributed by atoms with Crippen LogP contribution in [0.4, 0.5) is 5.82 Å². The first-order valence-corrected chi connectivity index (χ1v) is 7.83. The molecule has 0 spiro atoms. The maximum Gasteiger partial charge on any atom is 0.346 e. The van der Waals surface area contributed by atoms with E-state index in [1.165, 1.54) is 17.7 Å². The summed E-state index contributed by atoms with van der Waals surface area (Å²) >= 11 is 1.19. The quantitative estimate of drug-likeness (QED) is 0.818. The zero-order valence-corrected chi connectivity index (χ0v) is 13.3. The van der Waals surface area contributed by atoms with Gasteiger partial charge in [-0.05, 0) is 25.6 Å². The predicted octanol–water partition coefficient (Wildman–Crippen LogP) is 2.45. The molecule has 0 aromatic carbocycles. The first-order valence-electron chi connectivity index (χ1n) is 7.02. The summed E-state index contributed by atoms with van der Waals surface area (Å²) in [5, 5.41) is 13.3. The van der Waals surface area contributed by atoms with Crippen molar-refractivity contribution in [2.45, 2.75) is 20.8 Å². The highest BCUT2D eigenvalue weighted by Crippen LogP contribution is 2.32. The Balaban J connectivity index is 2.22. The van der Waals surface area contributed by atoms with E-state index in [0.29, 0.717) is 15.5 Å². The first kappa shape index (κ1) is 15.7. The van der Waals surface area contributed by atoms with E-state index < -0.39 is 5.97 Å². The Morgan fingerprint density at radius 3 is 2.71 bits per heavy atom. The molecule has 2 heterocycles. The summed E-state index contributed by atoms with van der Waals surface area (Å²) in [7, 11) is 0. The van der Waals surface area contributed by atoms with Gasteiger partial charge in [0.05, 0.1) is 5.39 Å². The van der Waals surface area contributed by atoms with Gasteiger partial charge >= 0.3 is 5.97 Å². The second-order valence-corrected chi connectivity index (χ2v) is 5.72. The van der Waals surface area contributed by atoms with Crippen molar-refractivity contribution >= 4 is 33.3 Å². The number of aromatic nitrogens is 2. The number of nitrogens with zero attached hydrogens (tertiary/aromatic N) is 3. The van der Waals surface area contributed by atoms with Gasteiger partial charge in [0.1, 0.15) is 21.9 Å². The van der Waals surface area contributed by atoms with Crippen molar-refractivity contribution < 1.29 is 9.90 Å². The standard InChI is InChI=1S/C14H20N4O2S/c1-4-18(5-2)7-6-15-12-10-9(3)11(14(19)20)21-13(10)17-8-16-12/h8H,4-7H2,1-3H3,(H,19,20)(H,15,16,17). The maximum absolute atomic E-state index is 11.2. The number of nitrogens with one attached hydrogen (secondary N) is 1. The number of carbonyl (C=O) groups is 1. The molecular formula is C14H20N4O2S. The number of hydrogen-bond acceptors (Lipinski definition) is 6. The second kappa shape index (κ2) is 6.82. The zero-order valence-electron chi connectivity index (χ0n) is 12.5. The molecule has 0 bridgehead atoms. The third-order valence-corrected chi connectivity index (χ3v) is 4.72. The van der Waals surface area contributed by atoms with Gasteiger partial charge in [0, 0.05) is 13.1 Å². The minimum atomic E-state index is -0.912. The topological polar surface area (TPSA) is 78.3 Å². The fourth-order valence-electron chi connectivity index (χ4n) is 2.28. The number of likely N-dealkylation sites (N-methyl/N-ethyl adjacent to an activating group) is 1. The number of anilines is 1. The van der Waals surface area contributed by atoms with E-state index in [1.807, 2.05) is 0 Å². The molecule has 0 atom stereocenters. The smallest absolute Gasteiger partial charge is 0.346 e. The van der Waals surface area contributed by atoms with E-state index in [-0.39, 0.29) is 0 Å². The van der Waals surface area contributed by atoms with Gasteiger partial charge in [-0.3, -0.25) is 0 Å². The third kappa shape index (κ3) is 3.30. The van der Waals surface area contributed by atoms with Crippen LogP contribution in [-0.2, 0) is 0 Å². The first-order chi connectivity index (χ1) is 10.1. The van der Waals surface area contributed by atoms with Gasteiger partial charge in [0.15, 0.2) is 0 Å². The van der Waals surface area contributed by atoms with Crippen molar-refractivity contribution in [3.05, 3.63) is 16.8 Å². The molecule has 0 amide bonds. The highest BCUT2D eigenvalue weighted by molar-refractivity contribution is 7.20. The molecule has 0 radical (unpaired) electrons. The van der Waals surface area contributed by atoms with Crippen molar-refractivity contribution in [1.29, 1.82) is 0 Å². The summed E-state index contributed by atoms with van der Waals surface area (Å²) in [6, 6.07) is 0. The van der Waals surface area contributed by atoms with Crippen LogP contribution >= 0.6 is 11.3 Å². The van der Waals surface area contributed by atoms with E-state index in [4.69, 9.17) is 0 Å². The lowest BCUT2D eigenvalue weighted by atomic mass is 10.2. The van der Waals surface area contributed by atoms with Crippen LogP contribution in [0, 0.1) is 6.92 Å². The fraction of sp³-hybridized carbons (Fsp3) is 0.500. The molecule has 0 aliphatic rings. The van der Waals surface area contributed by atoms with E-state index in [0.717, 1.165) is 37.1 Å². The molecule has 0 unspecified atom stereocenters. The molecule has 6 nitrogen and oxygen atoms in total. The molecule has 2 N–H and O–H groups in total. The van der Waals surface area contributed by atoms with Crippen LogP contribution in [0.15, 0.2) is 6.33 Å². The molecule has 2 aromatic heterocycles. The van der Waals surface area contributed by atoms with Crippen molar-refractivity contribution in [1.82, 2.24) is 14.9 Å². The van der Waals surface area contributed by atoms with Gasteiger partial charge in [-0.15, -0.1) is 11.3 Å². The third-order valence-electron chi connectivity index (χ3n) is 3.54. The molecular weight excluding hydrogens is 288 g/mol. The predicted molar refractivity (Wildman–Crippen MR) is 85.4 cm³/mol. The lowest BCUT2D eigenvalue weighted by Gasteiger charge is -2.18. The Hall–Kier alpha value is -1.73. The monoisotopic (exact) mass is 308 g/mol. The Morgan fingerprint density at radius 2 is 2.10 bits per heavy atom. The highest BCUT2D eigenvalue weighted by atomic mass is 32.1. The van der Waals surface area contributed by atoms with Crippen LogP contribution in [0.1, 0.15) is 29.1 Å². The van der Waals surface area contributed by atoms with Gasteiger partial charge in [-0.2, -0.15) is 0 Å². The number of fused-ring (bicyclic) bond motifs is 1. The van der Waals surface area contributed by atoms with Crippen molar-refractivity contribution in [3.8, 4) is 0 Å². The number of hydrogen-bond donors (Lipinski definition) is 2. The molecule has 0 aliphatic carbocycles. The van der Waals surface area contributed by atoms with Crippen LogP contribution in [0.3, 0.4) is 0 Å². The van der Waals surface area contributed by atoms with Crippen molar-refractivity contribution in [2.24, 2.45) is 0 Å². The molecule has 114 valence electrons. The summed E-state index contributed by atoms with van der Waals surface area (Å²) in [4.78, 5) is 23.0. The van der Waals surface area contributed by atoms with Crippen LogP contribution < -0.4 is 5.32 Å². The van der Waals surface area contributed by atoms with Gasteiger partial charge in [0.25, 0.3) is 0 Å². The zero-order chi connectivity index (χ0) is 15.4. The van der Waals surface area contributed by atoms with Crippen LogP contribution in [0.5, 0.6) is 0 Å². The van der Waals surface area contributed by atoms with Gasteiger partial charge in [-0.25, -0.2) is 14.8 Å². The lowest BCUT2D eigenvalue weighted by Crippen LogP contribution is -2.28. The highest BCUT2D eigenvalue weighted by Gasteiger charge is 2.18. The van der Waals surface area contributed by atoms with Crippen molar-refractivity contribution in [2.75, 3.05) is 31.5 Å². The lowest BCUT2D eigenvalue weighted by molar-refractivity contribution is 0.0701. The number of aryl methyl sites for hydroxylation is 1. The molecule has 0 fully saturated rings. The molecule has 2 rings (SSSR count). The largest absolute Gasteiger partial charge is 0.477 e. The van der Waals surface area contributed by atoms with Crippen LogP contribution in [0.2, 0.25) is 0 Å². The molecule has 0 aliphatic heterocycles. The number of carboxylic acid groups (broad SMARTS) is 1. The second-order valence-electron chi connectivity index (χ2n) is 4.72. The minimum absolute atomic E-state index is 0.331. The van der Waals surface area contributed by atoms with Crippen LogP contribution in [-0.4, -0.2) is 52.1 Å². The number of rotatable bonds is 7. The van der Waals surface area contributed by atoms with Gasteiger partial charge < -0.3 is 15.3 Å². The van der Waals surface area contributed by atoms with Gasteiger partial charge in [-0.1, -0.05) is 13.8 Å². The molecule has 2 aromatic rings. The van der Waals surface area contributed by atoms with Gasteiger partial charge in [0.2, 0.25) is 0 Å². The van der Waals surface area contributed by atoms with Crippen molar-refractivity contribution in [3.63, 3.8) is 0 Å². The fourth-order valence-corrected chi connectivity index (χ4v) is 3.27. The van der Waals surface area contributed by atoms with Crippen LogP contribution in [0.25, 0.3) is 10.2 Å². The Morgan fingerprint density at radius 1 is 1.38 bits per heavy atom. The normalized spacial score (nSPS) is 11.2. The summed E-state index contributed by atoms with van der Waals surface area (Å²) in [6.07, 6.45) is 1.48. The molecule has 0 saturated heterocycles. The summed E-state index contributed by atoms with van der Waals surface area (Å²) in [6.45, 7) is 9.79. The summed E-state index contributed by atoms with van der Waals surface area (Å²) in [5.74, 6) is -0.196. The molecule has 21 heavy (non-hydrogen) atoms. The number of thiophene rings is 1. The Kier molecular flexibility index (Phi) is 5.08. The number of aromatic carboxylic acids is 1. The van der Waals surface area contributed by atoms with E-state index >= 15 is 0 Å². The Labute approximate surface area is 127 Å². The minimum Gasteiger partial charge on any atom is -0.477 e. The van der Waals surface area contributed by atoms with E-state index in [9.17, 15) is 9.90 Å². The maximum atomic E-state index is 11.2. The average Bonchev–Trinajstić information content (AvgIpc) is 2.82. The van der Waals surface area contributed by atoms with E-state index in [1.54, 1.807) is 6.92 Å². The molecule has 0 saturated carbocycles. The summed E-state index contributed by atoms with van der Waals surface area (Å²) in [5.41, 5.74) is 0.730. The molecule has 7 heteroatoms. The van der Waals surface area contributed by atoms with E-state index in [2.05, 4.69) is 34.0 Å². The Bertz CT molecular complexity index is 637. The summed E-state index contributed by atoms with van der Waals surface area (Å²) < 4.78 is 0. The number of carboxylic acids is 1. The SMILES string of the molecule is CCN(CC)CCNc1ncnc2sc(C(=O)O)c(C)c12. The average molecular weight is 308 g/mol.